The summed E-state index contributed by atoms with van der Waals surface area (Å²) in [6, 6.07) is 13.6. The molecule has 0 saturated heterocycles. The second-order valence-corrected chi connectivity index (χ2v) is 6.32. The largest absolute Gasteiger partial charge is 0.450 e. The van der Waals surface area contributed by atoms with E-state index in [1.807, 2.05) is 26.0 Å². The predicted octanol–water partition coefficient (Wildman–Crippen LogP) is 3.29. The van der Waals surface area contributed by atoms with Crippen LogP contribution < -0.4 is 15.9 Å². The number of nitrogens with one attached hydrogen (secondary N) is 1. The van der Waals surface area contributed by atoms with Crippen molar-refractivity contribution in [1.82, 2.24) is 4.68 Å². The van der Waals surface area contributed by atoms with Crippen molar-refractivity contribution >= 4 is 17.5 Å². The molecule has 3 N–H and O–H groups in total. The minimum absolute atomic E-state index is 0.00617. The van der Waals surface area contributed by atoms with Crippen molar-refractivity contribution in [3.8, 4) is 11.5 Å². The van der Waals surface area contributed by atoms with Gasteiger partial charge in [0, 0.05) is 28.6 Å². The van der Waals surface area contributed by atoms with Gasteiger partial charge >= 0.3 is 5.69 Å². The Labute approximate surface area is 165 Å². The van der Waals surface area contributed by atoms with Crippen LogP contribution in [0.2, 0.25) is 0 Å². The molecule has 0 aliphatic rings. The number of hydrogen-bond donors (Lipinski definition) is 2. The van der Waals surface area contributed by atoms with Gasteiger partial charge in [-0.2, -0.15) is 0 Å². The molecule has 0 aliphatic carbocycles. The van der Waals surface area contributed by atoms with Crippen LogP contribution in [0.4, 0.5) is 5.69 Å². The standard InChI is InChI=1S/C20H18N4O5/c1-12-3-4-13(2)23(12)22-20(26)14-5-8-16(9-6-14)29-18-10-7-15(19(21)25)11-17(18)24(27)28/h3-11H,1-2H3,(H2,21,25)(H,22,26). The zero-order valence-electron chi connectivity index (χ0n) is 15.7. The molecule has 0 aliphatic heterocycles. The summed E-state index contributed by atoms with van der Waals surface area (Å²) in [5.41, 5.74) is 9.74. The molecule has 0 radical (unpaired) electrons. The molecule has 3 aromatic rings. The first kappa shape index (κ1) is 19.6. The average Bonchev–Trinajstić information content (AvgIpc) is 3.00. The second-order valence-electron chi connectivity index (χ2n) is 6.32. The van der Waals surface area contributed by atoms with Crippen LogP contribution in [-0.4, -0.2) is 21.4 Å². The Morgan fingerprint density at radius 1 is 1.00 bits per heavy atom. The number of aromatic nitrogens is 1. The number of nitro groups is 1. The third kappa shape index (κ3) is 4.24. The SMILES string of the molecule is Cc1ccc(C)n1NC(=O)c1ccc(Oc2ccc(C(N)=O)cc2[N+](=O)[O-])cc1. The molecule has 3 rings (SSSR count). The van der Waals surface area contributed by atoms with Crippen molar-refractivity contribution in [1.29, 1.82) is 0 Å². The smallest absolute Gasteiger partial charge is 0.312 e. The van der Waals surface area contributed by atoms with E-state index in [1.54, 1.807) is 16.8 Å². The van der Waals surface area contributed by atoms with Crippen molar-refractivity contribution in [3.63, 3.8) is 0 Å². The fourth-order valence-electron chi connectivity index (χ4n) is 2.71. The number of benzene rings is 2. The van der Waals surface area contributed by atoms with Crippen LogP contribution in [0.15, 0.2) is 54.6 Å². The van der Waals surface area contributed by atoms with E-state index in [2.05, 4.69) is 5.43 Å². The molecular weight excluding hydrogens is 376 g/mol. The molecule has 0 fully saturated rings. The van der Waals surface area contributed by atoms with E-state index in [4.69, 9.17) is 10.5 Å². The summed E-state index contributed by atoms with van der Waals surface area (Å²) in [7, 11) is 0. The van der Waals surface area contributed by atoms with Crippen LogP contribution in [0.1, 0.15) is 32.1 Å². The van der Waals surface area contributed by atoms with Gasteiger partial charge in [-0.15, -0.1) is 0 Å². The Morgan fingerprint density at radius 3 is 2.14 bits per heavy atom. The maximum atomic E-state index is 12.4. The third-order valence-corrected chi connectivity index (χ3v) is 4.27. The van der Waals surface area contributed by atoms with Gasteiger partial charge in [0.05, 0.1) is 4.92 Å². The third-order valence-electron chi connectivity index (χ3n) is 4.27. The first-order valence-electron chi connectivity index (χ1n) is 8.58. The maximum Gasteiger partial charge on any atom is 0.312 e. The van der Waals surface area contributed by atoms with E-state index in [-0.39, 0.29) is 22.9 Å². The Hall–Kier alpha value is -4.14. The molecule has 1 aromatic heterocycles. The lowest BCUT2D eigenvalue weighted by molar-refractivity contribution is -0.385. The Bertz CT molecular complexity index is 1080. The molecule has 0 atom stereocenters. The minimum Gasteiger partial charge on any atom is -0.450 e. The molecule has 0 saturated carbocycles. The van der Waals surface area contributed by atoms with Crippen LogP contribution in [0, 0.1) is 24.0 Å². The zero-order valence-corrected chi connectivity index (χ0v) is 15.7. The monoisotopic (exact) mass is 394 g/mol. The van der Waals surface area contributed by atoms with Gasteiger partial charge < -0.3 is 10.5 Å². The quantitative estimate of drug-likeness (QED) is 0.489. The number of nitrogens with zero attached hydrogens (tertiary/aromatic N) is 2. The number of hydrogen-bond acceptors (Lipinski definition) is 5. The number of amides is 2. The Morgan fingerprint density at radius 2 is 1.59 bits per heavy atom. The van der Waals surface area contributed by atoms with Crippen LogP contribution >= 0.6 is 0 Å². The molecule has 1 heterocycles. The summed E-state index contributed by atoms with van der Waals surface area (Å²) in [5.74, 6) is -0.834. The molecule has 148 valence electrons. The van der Waals surface area contributed by atoms with E-state index >= 15 is 0 Å². The molecule has 29 heavy (non-hydrogen) atoms. The molecule has 0 spiro atoms. The lowest BCUT2D eigenvalue weighted by Gasteiger charge is -2.12. The van der Waals surface area contributed by atoms with E-state index in [0.717, 1.165) is 17.5 Å². The van der Waals surface area contributed by atoms with E-state index in [9.17, 15) is 19.7 Å². The number of primary amides is 1. The summed E-state index contributed by atoms with van der Waals surface area (Å²) in [6.07, 6.45) is 0. The van der Waals surface area contributed by atoms with Gasteiger partial charge in [0.15, 0.2) is 0 Å². The molecule has 0 bridgehead atoms. The molecule has 2 amide bonds. The number of carbonyl (C=O) groups excluding carboxylic acids is 2. The van der Waals surface area contributed by atoms with Crippen LogP contribution in [0.5, 0.6) is 11.5 Å². The first-order chi connectivity index (χ1) is 13.8. The van der Waals surface area contributed by atoms with Gasteiger partial charge in [0.1, 0.15) is 5.75 Å². The number of nitro benzene ring substituents is 1. The highest BCUT2D eigenvalue weighted by Crippen LogP contribution is 2.32. The van der Waals surface area contributed by atoms with Crippen LogP contribution in [0.3, 0.4) is 0 Å². The lowest BCUT2D eigenvalue weighted by Crippen LogP contribution is -2.24. The minimum atomic E-state index is -0.775. The van der Waals surface area contributed by atoms with E-state index in [1.165, 1.54) is 24.3 Å². The fourth-order valence-corrected chi connectivity index (χ4v) is 2.71. The Balaban J connectivity index is 1.78. The summed E-state index contributed by atoms with van der Waals surface area (Å²) in [4.78, 5) is 34.2. The van der Waals surface area contributed by atoms with Crippen molar-refractivity contribution in [2.75, 3.05) is 5.43 Å². The van der Waals surface area contributed by atoms with Gasteiger partial charge in [0.2, 0.25) is 11.7 Å². The Kier molecular flexibility index (Phi) is 5.31. The molecule has 9 nitrogen and oxygen atoms in total. The fraction of sp³-hybridized carbons (Fsp3) is 0.100. The summed E-state index contributed by atoms with van der Waals surface area (Å²) < 4.78 is 7.23. The molecule has 2 aromatic carbocycles. The van der Waals surface area contributed by atoms with Crippen molar-refractivity contribution in [2.45, 2.75) is 13.8 Å². The molecular formula is C20H18N4O5. The zero-order chi connectivity index (χ0) is 21.1. The number of carbonyl (C=O) groups is 2. The van der Waals surface area contributed by atoms with Crippen LogP contribution in [-0.2, 0) is 0 Å². The summed E-state index contributed by atoms with van der Waals surface area (Å²) in [5, 5.41) is 11.3. The maximum absolute atomic E-state index is 12.4. The highest BCUT2D eigenvalue weighted by molar-refractivity contribution is 6.00. The molecule has 9 heteroatoms. The van der Waals surface area contributed by atoms with Crippen molar-refractivity contribution in [2.24, 2.45) is 5.73 Å². The van der Waals surface area contributed by atoms with Gasteiger partial charge in [-0.1, -0.05) is 0 Å². The van der Waals surface area contributed by atoms with Gasteiger partial charge in [0.25, 0.3) is 5.91 Å². The van der Waals surface area contributed by atoms with Gasteiger partial charge in [-0.05, 0) is 62.4 Å². The summed E-state index contributed by atoms with van der Waals surface area (Å²) >= 11 is 0. The molecule has 0 unspecified atom stereocenters. The van der Waals surface area contributed by atoms with Gasteiger partial charge in [-0.25, -0.2) is 0 Å². The second kappa shape index (κ2) is 7.85. The number of rotatable bonds is 6. The highest BCUT2D eigenvalue weighted by atomic mass is 16.6. The van der Waals surface area contributed by atoms with E-state index in [0.29, 0.717) is 11.3 Å². The number of ether oxygens (including phenoxy) is 1. The highest BCUT2D eigenvalue weighted by Gasteiger charge is 2.19. The number of nitrogens with two attached hydrogens (primary N) is 1. The van der Waals surface area contributed by atoms with Gasteiger partial charge in [-0.3, -0.25) is 29.8 Å². The topological polar surface area (TPSA) is 129 Å². The number of aryl methyl sites for hydroxylation is 2. The lowest BCUT2D eigenvalue weighted by atomic mass is 10.1. The van der Waals surface area contributed by atoms with Crippen molar-refractivity contribution < 1.29 is 19.2 Å². The first-order valence-corrected chi connectivity index (χ1v) is 8.58. The van der Waals surface area contributed by atoms with Crippen molar-refractivity contribution in [3.05, 3.63) is 87.2 Å². The predicted molar refractivity (Wildman–Crippen MR) is 106 cm³/mol. The average molecular weight is 394 g/mol. The van der Waals surface area contributed by atoms with E-state index < -0.39 is 10.8 Å². The normalized spacial score (nSPS) is 10.4. The summed E-state index contributed by atoms with van der Waals surface area (Å²) in [6.45, 7) is 3.75. The van der Waals surface area contributed by atoms with Crippen LogP contribution in [0.25, 0.3) is 0 Å².